The molecule has 0 saturated carbocycles. The van der Waals surface area contributed by atoms with E-state index in [-0.39, 0.29) is 0 Å². The zero-order valence-electron chi connectivity index (χ0n) is 14.2. The average molecular weight is 355 g/mol. The van der Waals surface area contributed by atoms with Crippen molar-refractivity contribution in [3.8, 4) is 0 Å². The smallest absolute Gasteiger partial charge is 0.0415 e. The molecule has 0 aliphatic heterocycles. The maximum absolute atomic E-state index is 3.61. The van der Waals surface area contributed by atoms with Crippen molar-refractivity contribution in [2.24, 2.45) is 0 Å². The van der Waals surface area contributed by atoms with Crippen molar-refractivity contribution in [3.63, 3.8) is 0 Å². The highest BCUT2D eigenvalue weighted by Gasteiger charge is 2.16. The molecule has 0 heterocycles. The van der Waals surface area contributed by atoms with Gasteiger partial charge in [0.15, 0.2) is 0 Å². The van der Waals surface area contributed by atoms with Crippen molar-refractivity contribution in [3.05, 3.63) is 28.2 Å². The molecular weight excluding hydrogens is 324 g/mol. The number of nitrogens with zero attached hydrogens (tertiary/aromatic N) is 1. The third-order valence-corrected chi connectivity index (χ3v) is 4.42. The third-order valence-electron chi connectivity index (χ3n) is 3.93. The SMILES string of the molecule is CCCCN(c1ccc(Br)cc1CNC(C)C)C(C)CC. The Labute approximate surface area is 139 Å². The average Bonchev–Trinajstić information content (AvgIpc) is 2.46. The number of rotatable bonds is 9. The van der Waals surface area contributed by atoms with Crippen LogP contribution in [0.4, 0.5) is 5.69 Å². The van der Waals surface area contributed by atoms with Gasteiger partial charge in [0.2, 0.25) is 0 Å². The van der Waals surface area contributed by atoms with Gasteiger partial charge < -0.3 is 10.2 Å². The fraction of sp³-hybridized carbons (Fsp3) is 0.667. The van der Waals surface area contributed by atoms with Crippen LogP contribution in [0.25, 0.3) is 0 Å². The number of nitrogens with one attached hydrogen (secondary N) is 1. The van der Waals surface area contributed by atoms with Crippen LogP contribution in [0.1, 0.15) is 59.4 Å². The van der Waals surface area contributed by atoms with Crippen molar-refractivity contribution in [1.82, 2.24) is 5.32 Å². The van der Waals surface area contributed by atoms with E-state index in [0.717, 1.165) is 17.6 Å². The van der Waals surface area contributed by atoms with E-state index in [1.54, 1.807) is 0 Å². The zero-order chi connectivity index (χ0) is 15.8. The zero-order valence-corrected chi connectivity index (χ0v) is 15.8. The molecule has 0 aromatic heterocycles. The van der Waals surface area contributed by atoms with Gasteiger partial charge in [-0.25, -0.2) is 0 Å². The monoisotopic (exact) mass is 354 g/mol. The van der Waals surface area contributed by atoms with Gasteiger partial charge in [0.05, 0.1) is 0 Å². The normalized spacial score (nSPS) is 12.7. The number of halogens is 1. The summed E-state index contributed by atoms with van der Waals surface area (Å²) in [7, 11) is 0. The van der Waals surface area contributed by atoms with Crippen LogP contribution in [-0.4, -0.2) is 18.6 Å². The first kappa shape index (κ1) is 18.5. The molecule has 0 aliphatic rings. The lowest BCUT2D eigenvalue weighted by molar-refractivity contribution is 0.573. The minimum Gasteiger partial charge on any atom is -0.369 e. The largest absolute Gasteiger partial charge is 0.369 e. The summed E-state index contributed by atoms with van der Waals surface area (Å²) < 4.78 is 1.16. The first-order chi connectivity index (χ1) is 9.99. The van der Waals surface area contributed by atoms with E-state index in [2.05, 4.69) is 79.0 Å². The number of hydrogen-bond donors (Lipinski definition) is 1. The van der Waals surface area contributed by atoms with Gasteiger partial charge in [-0.2, -0.15) is 0 Å². The molecule has 0 fully saturated rings. The van der Waals surface area contributed by atoms with Crippen molar-refractivity contribution in [1.29, 1.82) is 0 Å². The molecule has 2 nitrogen and oxygen atoms in total. The molecule has 0 bridgehead atoms. The number of unbranched alkanes of at least 4 members (excludes halogenated alkanes) is 1. The molecule has 0 saturated heterocycles. The molecule has 3 heteroatoms. The van der Waals surface area contributed by atoms with E-state index in [4.69, 9.17) is 0 Å². The molecule has 0 aliphatic carbocycles. The van der Waals surface area contributed by atoms with Crippen LogP contribution < -0.4 is 10.2 Å². The Kier molecular flexibility index (Phi) is 8.35. The van der Waals surface area contributed by atoms with Crippen LogP contribution in [0, 0.1) is 0 Å². The number of anilines is 1. The summed E-state index contributed by atoms with van der Waals surface area (Å²) >= 11 is 3.61. The molecule has 1 unspecified atom stereocenters. The van der Waals surface area contributed by atoms with Gasteiger partial charge in [-0.15, -0.1) is 0 Å². The van der Waals surface area contributed by atoms with E-state index in [1.807, 2.05) is 0 Å². The quantitative estimate of drug-likeness (QED) is 0.642. The van der Waals surface area contributed by atoms with E-state index in [9.17, 15) is 0 Å². The van der Waals surface area contributed by atoms with Crippen molar-refractivity contribution in [2.45, 2.75) is 72.5 Å². The van der Waals surface area contributed by atoms with E-state index in [0.29, 0.717) is 12.1 Å². The van der Waals surface area contributed by atoms with E-state index < -0.39 is 0 Å². The van der Waals surface area contributed by atoms with Crippen LogP contribution in [0.2, 0.25) is 0 Å². The Balaban J connectivity index is 3.04. The minimum absolute atomic E-state index is 0.504. The maximum Gasteiger partial charge on any atom is 0.0415 e. The van der Waals surface area contributed by atoms with Crippen LogP contribution in [0.3, 0.4) is 0 Å². The van der Waals surface area contributed by atoms with E-state index in [1.165, 1.54) is 30.5 Å². The molecule has 21 heavy (non-hydrogen) atoms. The standard InChI is InChI=1S/C18H31BrN2/c1-6-8-11-21(15(5)7-2)18-10-9-17(19)12-16(18)13-20-14(3)4/h9-10,12,14-15,20H,6-8,11,13H2,1-5H3. The fourth-order valence-corrected chi connectivity index (χ4v) is 2.83. The van der Waals surface area contributed by atoms with Gasteiger partial charge in [-0.1, -0.05) is 50.0 Å². The van der Waals surface area contributed by atoms with Crippen LogP contribution in [-0.2, 0) is 6.54 Å². The van der Waals surface area contributed by atoms with Crippen LogP contribution in [0.15, 0.2) is 22.7 Å². The highest BCUT2D eigenvalue weighted by atomic mass is 79.9. The Morgan fingerprint density at radius 2 is 1.90 bits per heavy atom. The molecule has 1 N–H and O–H groups in total. The molecule has 1 aromatic carbocycles. The summed E-state index contributed by atoms with van der Waals surface area (Å²) in [6.07, 6.45) is 3.66. The van der Waals surface area contributed by atoms with Crippen LogP contribution in [0.5, 0.6) is 0 Å². The number of benzene rings is 1. The molecule has 0 radical (unpaired) electrons. The first-order valence-corrected chi connectivity index (χ1v) is 9.07. The fourth-order valence-electron chi connectivity index (χ4n) is 2.42. The van der Waals surface area contributed by atoms with Gasteiger partial charge in [0, 0.05) is 35.3 Å². The molecule has 0 spiro atoms. The van der Waals surface area contributed by atoms with Crippen molar-refractivity contribution >= 4 is 21.6 Å². The highest BCUT2D eigenvalue weighted by Crippen LogP contribution is 2.27. The second-order valence-electron chi connectivity index (χ2n) is 6.11. The first-order valence-electron chi connectivity index (χ1n) is 8.28. The van der Waals surface area contributed by atoms with Gasteiger partial charge in [0.1, 0.15) is 0 Å². The van der Waals surface area contributed by atoms with Crippen LogP contribution >= 0.6 is 15.9 Å². The second-order valence-corrected chi connectivity index (χ2v) is 7.03. The summed E-state index contributed by atoms with van der Waals surface area (Å²) in [5.41, 5.74) is 2.77. The predicted molar refractivity (Wildman–Crippen MR) is 98.1 cm³/mol. The van der Waals surface area contributed by atoms with Crippen molar-refractivity contribution < 1.29 is 0 Å². The Bertz CT molecular complexity index is 418. The summed E-state index contributed by atoms with van der Waals surface area (Å²) in [4.78, 5) is 2.58. The van der Waals surface area contributed by atoms with Gasteiger partial charge in [0.25, 0.3) is 0 Å². The molecule has 0 amide bonds. The maximum atomic E-state index is 3.61. The van der Waals surface area contributed by atoms with Gasteiger partial charge in [-0.3, -0.25) is 0 Å². The summed E-state index contributed by atoms with van der Waals surface area (Å²) in [6, 6.07) is 7.77. The topological polar surface area (TPSA) is 15.3 Å². The third kappa shape index (κ3) is 5.99. The summed E-state index contributed by atoms with van der Waals surface area (Å²) in [5, 5.41) is 3.55. The lowest BCUT2D eigenvalue weighted by Crippen LogP contribution is -2.35. The Morgan fingerprint density at radius 1 is 1.19 bits per heavy atom. The molecule has 120 valence electrons. The highest BCUT2D eigenvalue weighted by molar-refractivity contribution is 9.10. The molecule has 1 atom stereocenters. The van der Waals surface area contributed by atoms with E-state index >= 15 is 0 Å². The second kappa shape index (κ2) is 9.47. The van der Waals surface area contributed by atoms with Gasteiger partial charge in [-0.05, 0) is 43.5 Å². The Hall–Kier alpha value is -0.540. The predicted octanol–water partition coefficient (Wildman–Crippen LogP) is 5.35. The molecular formula is C18H31BrN2. The molecule has 1 aromatic rings. The minimum atomic E-state index is 0.504. The summed E-state index contributed by atoms with van der Waals surface area (Å²) in [5.74, 6) is 0. The Morgan fingerprint density at radius 3 is 2.48 bits per heavy atom. The lowest BCUT2D eigenvalue weighted by Gasteiger charge is -2.33. The lowest BCUT2D eigenvalue weighted by atomic mass is 10.1. The molecule has 1 rings (SSSR count). The van der Waals surface area contributed by atoms with Crippen molar-refractivity contribution in [2.75, 3.05) is 11.4 Å². The number of hydrogen-bond acceptors (Lipinski definition) is 2. The summed E-state index contributed by atoms with van der Waals surface area (Å²) in [6.45, 7) is 13.3. The van der Waals surface area contributed by atoms with Gasteiger partial charge >= 0.3 is 0 Å².